The molecule has 0 unspecified atom stereocenters. The zero-order valence-corrected chi connectivity index (χ0v) is 12.0. The molecule has 0 aliphatic heterocycles. The number of carbonyl (C=O) groups is 2. The van der Waals surface area contributed by atoms with Crippen LogP contribution in [-0.2, 0) is 6.42 Å². The number of nitrogens with one attached hydrogen (secondary N) is 1. The fraction of sp³-hybridized carbons (Fsp3) is 0.176. The molecule has 2 N–H and O–H groups in total. The van der Waals surface area contributed by atoms with Crippen LogP contribution in [0.4, 0.5) is 5.69 Å². The Morgan fingerprint density at radius 3 is 2.33 bits per heavy atom. The second-order valence-electron chi connectivity index (χ2n) is 4.81. The fourth-order valence-corrected chi connectivity index (χ4v) is 2.09. The van der Waals surface area contributed by atoms with Crippen LogP contribution in [0.15, 0.2) is 42.5 Å². The number of hydrogen-bond acceptors (Lipinski definition) is 2. The van der Waals surface area contributed by atoms with Crippen LogP contribution in [0.2, 0.25) is 0 Å². The van der Waals surface area contributed by atoms with Crippen molar-refractivity contribution in [3.63, 3.8) is 0 Å². The standard InChI is InChI=1S/C17H17NO3/c1-3-12-7-9-13(10-8-12)16(19)18-15-11(2)5-4-6-14(15)17(20)21/h4-10H,3H2,1-2H3,(H,18,19)(H,20,21). The lowest BCUT2D eigenvalue weighted by atomic mass is 10.1. The van der Waals surface area contributed by atoms with Crippen LogP contribution in [0.1, 0.15) is 38.8 Å². The number of carbonyl (C=O) groups excluding carboxylic acids is 1. The summed E-state index contributed by atoms with van der Waals surface area (Å²) in [5, 5.41) is 11.9. The number of rotatable bonds is 4. The lowest BCUT2D eigenvalue weighted by Crippen LogP contribution is -2.16. The third-order valence-corrected chi connectivity index (χ3v) is 3.37. The molecule has 1 amide bonds. The first-order valence-corrected chi connectivity index (χ1v) is 6.76. The minimum atomic E-state index is -1.06. The molecule has 21 heavy (non-hydrogen) atoms. The van der Waals surface area contributed by atoms with E-state index in [2.05, 4.69) is 5.32 Å². The lowest BCUT2D eigenvalue weighted by Gasteiger charge is -2.11. The van der Waals surface area contributed by atoms with Crippen LogP contribution in [0.3, 0.4) is 0 Å². The molecule has 0 saturated heterocycles. The molecular formula is C17H17NO3. The predicted octanol–water partition coefficient (Wildman–Crippen LogP) is 3.51. The molecule has 0 atom stereocenters. The molecule has 0 fully saturated rings. The first-order valence-electron chi connectivity index (χ1n) is 6.76. The number of aryl methyl sites for hydroxylation is 2. The van der Waals surface area contributed by atoms with Crippen molar-refractivity contribution in [2.24, 2.45) is 0 Å². The molecule has 0 aliphatic rings. The molecule has 0 heterocycles. The summed E-state index contributed by atoms with van der Waals surface area (Å²) in [6.07, 6.45) is 0.906. The zero-order valence-electron chi connectivity index (χ0n) is 12.0. The van der Waals surface area contributed by atoms with Gasteiger partial charge in [-0.1, -0.05) is 31.2 Å². The van der Waals surface area contributed by atoms with Crippen LogP contribution in [0, 0.1) is 6.92 Å². The number of benzene rings is 2. The highest BCUT2D eigenvalue weighted by Crippen LogP contribution is 2.21. The Morgan fingerprint density at radius 1 is 1.10 bits per heavy atom. The van der Waals surface area contributed by atoms with Gasteiger partial charge in [-0.2, -0.15) is 0 Å². The minimum Gasteiger partial charge on any atom is -0.478 e. The van der Waals surface area contributed by atoms with Crippen LogP contribution in [-0.4, -0.2) is 17.0 Å². The van der Waals surface area contributed by atoms with Crippen molar-refractivity contribution in [1.82, 2.24) is 0 Å². The van der Waals surface area contributed by atoms with E-state index < -0.39 is 5.97 Å². The maximum absolute atomic E-state index is 12.2. The molecule has 0 aromatic heterocycles. The highest BCUT2D eigenvalue weighted by Gasteiger charge is 2.15. The van der Waals surface area contributed by atoms with E-state index in [9.17, 15) is 14.7 Å². The Morgan fingerprint density at radius 2 is 1.76 bits per heavy atom. The van der Waals surface area contributed by atoms with Gasteiger partial charge in [0.25, 0.3) is 5.91 Å². The van der Waals surface area contributed by atoms with Crippen molar-refractivity contribution in [3.05, 3.63) is 64.7 Å². The van der Waals surface area contributed by atoms with Crippen molar-refractivity contribution < 1.29 is 14.7 Å². The SMILES string of the molecule is CCc1ccc(C(=O)Nc2c(C)cccc2C(=O)O)cc1. The van der Waals surface area contributed by atoms with Gasteiger partial charge in [0.05, 0.1) is 11.3 Å². The number of para-hydroxylation sites is 1. The first-order chi connectivity index (χ1) is 10.0. The Balaban J connectivity index is 2.29. The summed E-state index contributed by atoms with van der Waals surface area (Å²) in [7, 11) is 0. The largest absolute Gasteiger partial charge is 0.478 e. The number of anilines is 1. The summed E-state index contributed by atoms with van der Waals surface area (Å²) < 4.78 is 0. The maximum atomic E-state index is 12.2. The molecule has 0 saturated carbocycles. The van der Waals surface area contributed by atoms with E-state index in [-0.39, 0.29) is 11.5 Å². The van der Waals surface area contributed by atoms with Gasteiger partial charge in [-0.25, -0.2) is 4.79 Å². The second kappa shape index (κ2) is 6.22. The summed E-state index contributed by atoms with van der Waals surface area (Å²) in [5.41, 5.74) is 2.80. The number of carboxylic acids is 1. The van der Waals surface area contributed by atoms with Gasteiger partial charge < -0.3 is 10.4 Å². The van der Waals surface area contributed by atoms with Gasteiger partial charge in [0.15, 0.2) is 0 Å². The van der Waals surface area contributed by atoms with Gasteiger partial charge in [-0.15, -0.1) is 0 Å². The van der Waals surface area contributed by atoms with E-state index in [1.54, 1.807) is 31.2 Å². The molecule has 2 aromatic carbocycles. The molecule has 0 spiro atoms. The summed E-state index contributed by atoms with van der Waals surface area (Å²) in [5.74, 6) is -1.37. The molecular weight excluding hydrogens is 266 g/mol. The number of amides is 1. The van der Waals surface area contributed by atoms with Gasteiger partial charge in [0.2, 0.25) is 0 Å². The monoisotopic (exact) mass is 283 g/mol. The van der Waals surface area contributed by atoms with Gasteiger partial charge in [0.1, 0.15) is 0 Å². The second-order valence-corrected chi connectivity index (χ2v) is 4.81. The summed E-state index contributed by atoms with van der Waals surface area (Å²) >= 11 is 0. The molecule has 2 aromatic rings. The van der Waals surface area contributed by atoms with Crippen LogP contribution < -0.4 is 5.32 Å². The highest BCUT2D eigenvalue weighted by molar-refractivity contribution is 6.08. The third kappa shape index (κ3) is 3.28. The summed E-state index contributed by atoms with van der Waals surface area (Å²) in [4.78, 5) is 23.5. The minimum absolute atomic E-state index is 0.0912. The zero-order chi connectivity index (χ0) is 15.4. The average molecular weight is 283 g/mol. The first kappa shape index (κ1) is 14.8. The van der Waals surface area contributed by atoms with E-state index in [1.807, 2.05) is 19.1 Å². The lowest BCUT2D eigenvalue weighted by molar-refractivity contribution is 0.0698. The van der Waals surface area contributed by atoms with Crippen molar-refractivity contribution >= 4 is 17.6 Å². The maximum Gasteiger partial charge on any atom is 0.337 e. The van der Waals surface area contributed by atoms with Crippen molar-refractivity contribution in [3.8, 4) is 0 Å². The predicted molar refractivity (Wildman–Crippen MR) is 81.9 cm³/mol. The van der Waals surface area contributed by atoms with Crippen LogP contribution in [0.5, 0.6) is 0 Å². The molecule has 0 radical (unpaired) electrons. The van der Waals surface area contributed by atoms with Gasteiger partial charge in [-0.3, -0.25) is 4.79 Å². The molecule has 2 rings (SSSR count). The molecule has 108 valence electrons. The molecule has 4 heteroatoms. The van der Waals surface area contributed by atoms with E-state index in [4.69, 9.17) is 0 Å². The smallest absolute Gasteiger partial charge is 0.337 e. The summed E-state index contributed by atoms with van der Waals surface area (Å²) in [6, 6.07) is 12.2. The van der Waals surface area contributed by atoms with Crippen molar-refractivity contribution in [2.75, 3.05) is 5.32 Å². The van der Waals surface area contributed by atoms with Crippen LogP contribution >= 0.6 is 0 Å². The van der Waals surface area contributed by atoms with Crippen molar-refractivity contribution in [2.45, 2.75) is 20.3 Å². The molecule has 4 nitrogen and oxygen atoms in total. The average Bonchev–Trinajstić information content (AvgIpc) is 2.49. The Bertz CT molecular complexity index is 675. The van der Waals surface area contributed by atoms with E-state index in [0.29, 0.717) is 16.8 Å². The quantitative estimate of drug-likeness (QED) is 0.902. The summed E-state index contributed by atoms with van der Waals surface area (Å²) in [6.45, 7) is 3.81. The Labute approximate surface area is 123 Å². The highest BCUT2D eigenvalue weighted by atomic mass is 16.4. The molecule has 0 bridgehead atoms. The topological polar surface area (TPSA) is 66.4 Å². The van der Waals surface area contributed by atoms with E-state index in [1.165, 1.54) is 6.07 Å². The number of carboxylic acid groups (broad SMARTS) is 1. The fourth-order valence-electron chi connectivity index (χ4n) is 2.09. The van der Waals surface area contributed by atoms with E-state index in [0.717, 1.165) is 12.0 Å². The Hall–Kier alpha value is -2.62. The van der Waals surface area contributed by atoms with Gasteiger partial charge >= 0.3 is 5.97 Å². The number of aromatic carboxylic acids is 1. The third-order valence-electron chi connectivity index (χ3n) is 3.37. The van der Waals surface area contributed by atoms with Crippen LogP contribution in [0.25, 0.3) is 0 Å². The van der Waals surface area contributed by atoms with Gasteiger partial charge in [-0.05, 0) is 42.7 Å². The van der Waals surface area contributed by atoms with Crippen molar-refractivity contribution in [1.29, 1.82) is 0 Å². The van der Waals surface area contributed by atoms with E-state index >= 15 is 0 Å². The molecule has 0 aliphatic carbocycles. The Kier molecular flexibility index (Phi) is 4.38. The normalized spacial score (nSPS) is 10.2. The number of hydrogen-bond donors (Lipinski definition) is 2. The van der Waals surface area contributed by atoms with Gasteiger partial charge in [0, 0.05) is 5.56 Å².